The van der Waals surface area contributed by atoms with Crippen LogP contribution in [-0.4, -0.2) is 0 Å². The molecule has 0 saturated heterocycles. The fourth-order valence-electron chi connectivity index (χ4n) is 0.872. The normalized spacial score (nSPS) is 9.92. The molecule has 0 amide bonds. The van der Waals surface area contributed by atoms with Crippen LogP contribution in [-0.2, 0) is 6.42 Å². The van der Waals surface area contributed by atoms with Gasteiger partial charge in [0.2, 0.25) is 0 Å². The van der Waals surface area contributed by atoms with Crippen molar-refractivity contribution >= 4 is 11.6 Å². The lowest BCUT2D eigenvalue weighted by Crippen LogP contribution is -1.90. The largest absolute Gasteiger partial charge is 0.207 e. The van der Waals surface area contributed by atoms with Crippen molar-refractivity contribution in [3.8, 4) is 0 Å². The van der Waals surface area contributed by atoms with E-state index < -0.39 is 11.6 Å². The average Bonchev–Trinajstić information content (AvgIpc) is 1.94. The third kappa shape index (κ3) is 2.31. The Balaban J connectivity index is 2.93. The number of halogens is 3. The molecule has 0 fully saturated rings. The number of hydrogen-bond donors (Lipinski definition) is 0. The van der Waals surface area contributed by atoms with Gasteiger partial charge in [-0.1, -0.05) is 24.2 Å². The minimum atomic E-state index is -0.587. The van der Waals surface area contributed by atoms with Crippen molar-refractivity contribution in [3.63, 3.8) is 0 Å². The molecule has 1 aromatic rings. The van der Waals surface area contributed by atoms with Crippen LogP contribution >= 0.6 is 11.6 Å². The first-order valence-corrected chi connectivity index (χ1v) is 3.74. The maximum Gasteiger partial charge on any atom is 0.129 e. The standard InChI is InChI=1S/C9H7ClF2/c1-6(10)4-7-2-3-8(11)5-9(7)12/h2-3,5H,1,4H2. The van der Waals surface area contributed by atoms with Crippen LogP contribution in [0.15, 0.2) is 29.8 Å². The van der Waals surface area contributed by atoms with Gasteiger partial charge in [-0.15, -0.1) is 0 Å². The van der Waals surface area contributed by atoms with Crippen LogP contribution in [0.4, 0.5) is 8.78 Å². The zero-order valence-corrected chi connectivity index (χ0v) is 7.04. The second kappa shape index (κ2) is 3.68. The topological polar surface area (TPSA) is 0 Å². The summed E-state index contributed by atoms with van der Waals surface area (Å²) in [6.45, 7) is 3.42. The molecule has 0 heterocycles. The lowest BCUT2D eigenvalue weighted by Gasteiger charge is -2.00. The van der Waals surface area contributed by atoms with Crippen LogP contribution in [0.1, 0.15) is 5.56 Å². The summed E-state index contributed by atoms with van der Waals surface area (Å²) in [6.07, 6.45) is 0.230. The Labute approximate surface area is 74.5 Å². The summed E-state index contributed by atoms with van der Waals surface area (Å²) in [5.74, 6) is -1.17. The van der Waals surface area contributed by atoms with Crippen LogP contribution < -0.4 is 0 Å². The van der Waals surface area contributed by atoms with Crippen molar-refractivity contribution in [1.82, 2.24) is 0 Å². The van der Waals surface area contributed by atoms with Crippen LogP contribution in [0.25, 0.3) is 0 Å². The fraction of sp³-hybridized carbons (Fsp3) is 0.111. The average molecular weight is 189 g/mol. The van der Waals surface area contributed by atoms with Crippen molar-refractivity contribution in [3.05, 3.63) is 47.0 Å². The molecule has 0 unspecified atom stereocenters. The highest BCUT2D eigenvalue weighted by Crippen LogP contribution is 2.14. The molecule has 0 aliphatic carbocycles. The third-order valence-electron chi connectivity index (χ3n) is 1.40. The zero-order valence-electron chi connectivity index (χ0n) is 6.28. The highest BCUT2D eigenvalue weighted by Gasteiger charge is 2.03. The molecule has 0 aromatic heterocycles. The summed E-state index contributed by atoms with van der Waals surface area (Å²) >= 11 is 5.47. The van der Waals surface area contributed by atoms with E-state index in [1.54, 1.807) is 0 Å². The predicted molar refractivity (Wildman–Crippen MR) is 45.1 cm³/mol. The van der Waals surface area contributed by atoms with E-state index in [2.05, 4.69) is 6.58 Å². The van der Waals surface area contributed by atoms with Crippen LogP contribution in [0.5, 0.6) is 0 Å². The lowest BCUT2D eigenvalue weighted by atomic mass is 10.1. The van der Waals surface area contributed by atoms with Gasteiger partial charge >= 0.3 is 0 Å². The van der Waals surface area contributed by atoms with E-state index in [-0.39, 0.29) is 6.42 Å². The summed E-state index contributed by atoms with van der Waals surface area (Å²) in [5.41, 5.74) is 0.358. The van der Waals surface area contributed by atoms with Gasteiger partial charge in [-0.3, -0.25) is 0 Å². The van der Waals surface area contributed by atoms with E-state index in [0.717, 1.165) is 6.07 Å². The maximum atomic E-state index is 12.9. The number of benzene rings is 1. The van der Waals surface area contributed by atoms with Crippen molar-refractivity contribution in [2.24, 2.45) is 0 Å². The number of hydrogen-bond acceptors (Lipinski definition) is 0. The van der Waals surface area contributed by atoms with Gasteiger partial charge < -0.3 is 0 Å². The fourth-order valence-corrected chi connectivity index (χ4v) is 1.02. The lowest BCUT2D eigenvalue weighted by molar-refractivity contribution is 0.575. The van der Waals surface area contributed by atoms with Gasteiger partial charge in [0.15, 0.2) is 0 Å². The van der Waals surface area contributed by atoms with Crippen molar-refractivity contribution < 1.29 is 8.78 Å². The smallest absolute Gasteiger partial charge is 0.129 e. The highest BCUT2D eigenvalue weighted by atomic mass is 35.5. The Morgan fingerprint density at radius 1 is 1.42 bits per heavy atom. The van der Waals surface area contributed by atoms with Crippen molar-refractivity contribution in [2.45, 2.75) is 6.42 Å². The number of rotatable bonds is 2. The Kier molecular flexibility index (Phi) is 2.82. The first-order chi connectivity index (χ1) is 5.59. The second-order valence-electron chi connectivity index (χ2n) is 2.43. The molecule has 0 aliphatic heterocycles. The quantitative estimate of drug-likeness (QED) is 0.668. The Morgan fingerprint density at radius 2 is 2.08 bits per heavy atom. The molecular formula is C9H7ClF2. The molecule has 0 radical (unpaired) electrons. The van der Waals surface area contributed by atoms with Gasteiger partial charge in [0.05, 0.1) is 0 Å². The van der Waals surface area contributed by atoms with Crippen molar-refractivity contribution in [2.75, 3.05) is 0 Å². The summed E-state index contributed by atoms with van der Waals surface area (Å²) in [5, 5.41) is 0.334. The maximum absolute atomic E-state index is 12.9. The Morgan fingerprint density at radius 3 is 2.58 bits per heavy atom. The molecule has 0 atom stereocenters. The summed E-state index contributed by atoms with van der Waals surface area (Å²) in [6, 6.07) is 3.38. The molecule has 0 spiro atoms. The van der Waals surface area contributed by atoms with Crippen LogP contribution in [0.2, 0.25) is 0 Å². The Bertz CT molecular complexity index is 307. The zero-order chi connectivity index (χ0) is 9.14. The molecule has 1 aromatic carbocycles. The highest BCUT2D eigenvalue weighted by molar-refractivity contribution is 6.29. The van der Waals surface area contributed by atoms with Gasteiger partial charge in [0.1, 0.15) is 11.6 Å². The molecule has 64 valence electrons. The van der Waals surface area contributed by atoms with E-state index >= 15 is 0 Å². The molecule has 12 heavy (non-hydrogen) atoms. The third-order valence-corrected chi connectivity index (χ3v) is 1.53. The minimum Gasteiger partial charge on any atom is -0.207 e. The molecule has 0 aliphatic rings. The summed E-state index contributed by atoms with van der Waals surface area (Å²) in [4.78, 5) is 0. The molecule has 1 rings (SSSR count). The SMILES string of the molecule is C=C(Cl)Cc1ccc(F)cc1F. The van der Waals surface area contributed by atoms with E-state index in [4.69, 9.17) is 11.6 Å². The van der Waals surface area contributed by atoms with Crippen LogP contribution in [0, 0.1) is 11.6 Å². The van der Waals surface area contributed by atoms with Gasteiger partial charge in [-0.05, 0) is 11.6 Å². The molecule has 0 bridgehead atoms. The molecule has 0 saturated carbocycles. The Hall–Kier alpha value is -0.890. The van der Waals surface area contributed by atoms with Gasteiger partial charge in [-0.2, -0.15) is 0 Å². The molecular weight excluding hydrogens is 182 g/mol. The minimum absolute atomic E-state index is 0.230. The van der Waals surface area contributed by atoms with Gasteiger partial charge in [0, 0.05) is 17.5 Å². The first kappa shape index (κ1) is 9.20. The van der Waals surface area contributed by atoms with E-state index in [1.807, 2.05) is 0 Å². The summed E-state index contributed by atoms with van der Waals surface area (Å²) in [7, 11) is 0. The van der Waals surface area contributed by atoms with E-state index in [0.29, 0.717) is 10.6 Å². The van der Waals surface area contributed by atoms with Crippen LogP contribution in [0.3, 0.4) is 0 Å². The summed E-state index contributed by atoms with van der Waals surface area (Å²) < 4.78 is 25.3. The molecule has 0 N–H and O–H groups in total. The molecule has 0 nitrogen and oxygen atoms in total. The van der Waals surface area contributed by atoms with Crippen molar-refractivity contribution in [1.29, 1.82) is 0 Å². The second-order valence-corrected chi connectivity index (χ2v) is 2.96. The van der Waals surface area contributed by atoms with E-state index in [9.17, 15) is 8.78 Å². The first-order valence-electron chi connectivity index (χ1n) is 3.37. The molecule has 3 heteroatoms. The predicted octanol–water partition coefficient (Wildman–Crippen LogP) is 3.26. The number of allylic oxidation sites excluding steroid dienone is 1. The monoisotopic (exact) mass is 188 g/mol. The van der Waals surface area contributed by atoms with E-state index in [1.165, 1.54) is 12.1 Å². The van der Waals surface area contributed by atoms with Gasteiger partial charge in [0.25, 0.3) is 0 Å². The van der Waals surface area contributed by atoms with Gasteiger partial charge in [-0.25, -0.2) is 8.78 Å².